The molecule has 0 aliphatic heterocycles. The van der Waals surface area contributed by atoms with Crippen molar-refractivity contribution >= 4 is 16.8 Å². The standard InChI is InChI=1S/C48H38/c1-31-21-25-40-41-26-22-32(2)28-45(41)47(44(40)27-31)48(37-15-6-4-7-16-37,38-17-8-5-9-18-38)46-33(3)29-43-39(19-12-20-42(43)46)36-24-23-34-13-10-11-14-35(34)30-36/h4-30,46-47H,1-3H3. The molecular formula is C48H38. The Morgan fingerprint density at radius 2 is 1.00 bits per heavy atom. The summed E-state index contributed by atoms with van der Waals surface area (Å²) in [6.45, 7) is 6.85. The van der Waals surface area contributed by atoms with Crippen LogP contribution in [-0.4, -0.2) is 0 Å². The fourth-order valence-electron chi connectivity index (χ4n) is 9.18. The van der Waals surface area contributed by atoms with Crippen LogP contribution in [0.5, 0.6) is 0 Å². The van der Waals surface area contributed by atoms with Gasteiger partial charge in [0.15, 0.2) is 0 Å². The lowest BCUT2D eigenvalue weighted by molar-refractivity contribution is 0.405. The molecule has 1 atom stereocenters. The van der Waals surface area contributed by atoms with Gasteiger partial charge in [0, 0.05) is 17.3 Å². The maximum absolute atomic E-state index is 2.49. The van der Waals surface area contributed by atoms with Crippen LogP contribution in [0.4, 0.5) is 0 Å². The average molecular weight is 615 g/mol. The molecule has 2 aliphatic rings. The predicted molar refractivity (Wildman–Crippen MR) is 203 cm³/mol. The molecule has 0 amide bonds. The summed E-state index contributed by atoms with van der Waals surface area (Å²) >= 11 is 0. The third-order valence-corrected chi connectivity index (χ3v) is 11.1. The Morgan fingerprint density at radius 1 is 0.417 bits per heavy atom. The first kappa shape index (κ1) is 28.7. The van der Waals surface area contributed by atoms with Crippen LogP contribution in [0.1, 0.15) is 63.3 Å². The lowest BCUT2D eigenvalue weighted by Gasteiger charge is -2.47. The Labute approximate surface area is 284 Å². The van der Waals surface area contributed by atoms with Crippen molar-refractivity contribution in [2.45, 2.75) is 38.0 Å². The number of rotatable bonds is 5. The number of benzene rings is 7. The molecule has 230 valence electrons. The summed E-state index contributed by atoms with van der Waals surface area (Å²) in [7, 11) is 0. The molecule has 9 rings (SSSR count). The number of fused-ring (bicyclic) bond motifs is 5. The molecule has 7 aromatic carbocycles. The number of allylic oxidation sites excluding steroid dienone is 1. The minimum Gasteiger partial charge on any atom is -0.0639 e. The predicted octanol–water partition coefficient (Wildman–Crippen LogP) is 12.4. The highest BCUT2D eigenvalue weighted by Gasteiger charge is 2.54. The van der Waals surface area contributed by atoms with Gasteiger partial charge in [-0.25, -0.2) is 0 Å². The van der Waals surface area contributed by atoms with Crippen molar-refractivity contribution in [3.8, 4) is 22.3 Å². The van der Waals surface area contributed by atoms with E-state index in [1.54, 1.807) is 0 Å². The third-order valence-electron chi connectivity index (χ3n) is 11.1. The molecule has 0 saturated carbocycles. The van der Waals surface area contributed by atoms with Gasteiger partial charge in [-0.15, -0.1) is 0 Å². The third kappa shape index (κ3) is 4.22. The number of hydrogen-bond donors (Lipinski definition) is 0. The van der Waals surface area contributed by atoms with E-state index in [-0.39, 0.29) is 11.8 Å². The summed E-state index contributed by atoms with van der Waals surface area (Å²) in [4.78, 5) is 0. The summed E-state index contributed by atoms with van der Waals surface area (Å²) in [5.41, 5.74) is 17.2. The minimum absolute atomic E-state index is 0.107. The van der Waals surface area contributed by atoms with Gasteiger partial charge in [-0.05, 0) is 93.2 Å². The summed E-state index contributed by atoms with van der Waals surface area (Å²) < 4.78 is 0. The summed E-state index contributed by atoms with van der Waals surface area (Å²) in [5, 5.41) is 2.55. The van der Waals surface area contributed by atoms with Crippen LogP contribution in [0.25, 0.3) is 39.1 Å². The fraction of sp³-hybridized carbons (Fsp3) is 0.125. The lowest BCUT2D eigenvalue weighted by Crippen LogP contribution is -2.41. The molecule has 48 heavy (non-hydrogen) atoms. The zero-order valence-corrected chi connectivity index (χ0v) is 27.7. The number of aryl methyl sites for hydroxylation is 2. The maximum atomic E-state index is 2.49. The Hall–Kier alpha value is -5.46. The average Bonchev–Trinajstić information content (AvgIpc) is 3.63. The Bertz CT molecular complexity index is 2280. The van der Waals surface area contributed by atoms with Crippen LogP contribution in [0.15, 0.2) is 163 Å². The highest BCUT2D eigenvalue weighted by molar-refractivity contribution is 5.91. The molecular weight excluding hydrogens is 577 g/mol. The van der Waals surface area contributed by atoms with E-state index in [0.717, 1.165) is 0 Å². The molecule has 0 spiro atoms. The zero-order chi connectivity index (χ0) is 32.4. The highest BCUT2D eigenvalue weighted by Crippen LogP contribution is 2.64. The van der Waals surface area contributed by atoms with Crippen molar-refractivity contribution in [3.05, 3.63) is 208 Å². The van der Waals surface area contributed by atoms with Gasteiger partial charge in [-0.1, -0.05) is 174 Å². The number of hydrogen-bond acceptors (Lipinski definition) is 0. The van der Waals surface area contributed by atoms with E-state index < -0.39 is 5.41 Å². The van der Waals surface area contributed by atoms with Crippen LogP contribution in [-0.2, 0) is 5.41 Å². The van der Waals surface area contributed by atoms with Crippen LogP contribution in [0, 0.1) is 13.8 Å². The van der Waals surface area contributed by atoms with E-state index >= 15 is 0 Å². The van der Waals surface area contributed by atoms with Crippen molar-refractivity contribution in [3.63, 3.8) is 0 Å². The second kappa shape index (κ2) is 11.1. The van der Waals surface area contributed by atoms with E-state index in [1.807, 2.05) is 0 Å². The van der Waals surface area contributed by atoms with Gasteiger partial charge in [0.05, 0.1) is 0 Å². The first-order valence-electron chi connectivity index (χ1n) is 17.2. The normalized spacial score (nSPS) is 15.2. The molecule has 0 radical (unpaired) electrons. The second-order valence-electron chi connectivity index (χ2n) is 13.9. The maximum Gasteiger partial charge on any atom is 0.0418 e. The molecule has 0 N–H and O–H groups in total. The lowest BCUT2D eigenvalue weighted by atomic mass is 9.54. The molecule has 1 unspecified atom stereocenters. The second-order valence-corrected chi connectivity index (χ2v) is 13.9. The van der Waals surface area contributed by atoms with Crippen molar-refractivity contribution < 1.29 is 0 Å². The van der Waals surface area contributed by atoms with E-state index in [0.29, 0.717) is 0 Å². The quantitative estimate of drug-likeness (QED) is 0.181. The van der Waals surface area contributed by atoms with Gasteiger partial charge in [0.1, 0.15) is 0 Å². The Morgan fingerprint density at radius 3 is 1.62 bits per heavy atom. The van der Waals surface area contributed by atoms with E-state index in [4.69, 9.17) is 0 Å². The van der Waals surface area contributed by atoms with Crippen LogP contribution >= 0.6 is 0 Å². The first-order valence-corrected chi connectivity index (χ1v) is 17.2. The van der Waals surface area contributed by atoms with Crippen LogP contribution in [0.2, 0.25) is 0 Å². The first-order chi connectivity index (χ1) is 23.5. The van der Waals surface area contributed by atoms with Crippen molar-refractivity contribution in [2.24, 2.45) is 0 Å². The summed E-state index contributed by atoms with van der Waals surface area (Å²) in [5.74, 6) is 0.221. The topological polar surface area (TPSA) is 0 Å². The molecule has 0 fully saturated rings. The molecule has 7 aromatic rings. The zero-order valence-electron chi connectivity index (χ0n) is 27.7. The smallest absolute Gasteiger partial charge is 0.0418 e. The largest absolute Gasteiger partial charge is 0.0639 e. The van der Waals surface area contributed by atoms with Crippen LogP contribution in [0.3, 0.4) is 0 Å². The van der Waals surface area contributed by atoms with Crippen molar-refractivity contribution in [1.29, 1.82) is 0 Å². The summed E-state index contributed by atoms with van der Waals surface area (Å²) in [6.07, 6.45) is 2.49. The van der Waals surface area contributed by atoms with Gasteiger partial charge >= 0.3 is 0 Å². The van der Waals surface area contributed by atoms with Gasteiger partial charge in [0.2, 0.25) is 0 Å². The molecule has 2 aliphatic carbocycles. The highest BCUT2D eigenvalue weighted by atomic mass is 14.6. The van der Waals surface area contributed by atoms with Gasteiger partial charge < -0.3 is 0 Å². The fourth-order valence-corrected chi connectivity index (χ4v) is 9.18. The molecule has 0 bridgehead atoms. The minimum atomic E-state index is -0.419. The van der Waals surface area contributed by atoms with E-state index in [2.05, 4.69) is 185 Å². The monoisotopic (exact) mass is 614 g/mol. The SMILES string of the molecule is CC1=Cc2c(-c3ccc4ccccc4c3)cccc2C1C(c1ccccc1)(c1ccccc1)C1c2cc(C)ccc2-c2ccc(C)cc21. The molecule has 0 heteroatoms. The van der Waals surface area contributed by atoms with Gasteiger partial charge in [-0.2, -0.15) is 0 Å². The van der Waals surface area contributed by atoms with Crippen molar-refractivity contribution in [2.75, 3.05) is 0 Å². The molecule has 0 heterocycles. The van der Waals surface area contributed by atoms with Gasteiger partial charge in [0.25, 0.3) is 0 Å². The summed E-state index contributed by atoms with van der Waals surface area (Å²) in [6, 6.07) is 59.6. The van der Waals surface area contributed by atoms with Crippen molar-refractivity contribution in [1.82, 2.24) is 0 Å². The Kier molecular flexibility index (Phi) is 6.63. The van der Waals surface area contributed by atoms with E-state index in [1.165, 1.54) is 83.1 Å². The molecule has 0 aromatic heterocycles. The molecule has 0 nitrogen and oxygen atoms in total. The van der Waals surface area contributed by atoms with Gasteiger partial charge in [-0.3, -0.25) is 0 Å². The molecule has 0 saturated heterocycles. The Balaban J connectivity index is 1.38. The van der Waals surface area contributed by atoms with Crippen LogP contribution < -0.4 is 0 Å². The van der Waals surface area contributed by atoms with E-state index in [9.17, 15) is 0 Å².